The van der Waals surface area contributed by atoms with E-state index >= 15 is 0 Å². The van der Waals surface area contributed by atoms with Crippen LogP contribution in [-0.4, -0.2) is 33.4 Å². The number of hydrogen-bond acceptors (Lipinski definition) is 5. The Morgan fingerprint density at radius 1 is 1.45 bits per heavy atom. The molecule has 1 atom stereocenters. The Hall–Kier alpha value is -1.95. The van der Waals surface area contributed by atoms with E-state index in [1.807, 2.05) is 24.7 Å². The van der Waals surface area contributed by atoms with Crippen LogP contribution in [0.25, 0.3) is 0 Å². The van der Waals surface area contributed by atoms with Crippen LogP contribution < -0.4 is 10.1 Å². The zero-order valence-corrected chi connectivity index (χ0v) is 12.4. The van der Waals surface area contributed by atoms with Crippen LogP contribution in [0.4, 0.5) is 0 Å². The van der Waals surface area contributed by atoms with Gasteiger partial charge in [-0.15, -0.1) is 0 Å². The van der Waals surface area contributed by atoms with Gasteiger partial charge in [0.15, 0.2) is 5.75 Å². The molecule has 108 valence electrons. The van der Waals surface area contributed by atoms with Crippen molar-refractivity contribution in [1.29, 1.82) is 0 Å². The monoisotopic (exact) mass is 275 g/mol. The molecule has 0 bridgehead atoms. The summed E-state index contributed by atoms with van der Waals surface area (Å²) in [6.07, 6.45) is 4.55. The molecule has 0 aromatic carbocycles. The molecule has 1 unspecified atom stereocenters. The van der Waals surface area contributed by atoms with Crippen molar-refractivity contribution in [2.24, 2.45) is 7.05 Å². The first-order valence-electron chi connectivity index (χ1n) is 6.76. The molecule has 2 heterocycles. The molecule has 2 rings (SSSR count). The lowest BCUT2D eigenvalue weighted by molar-refractivity contribution is 0.399. The van der Waals surface area contributed by atoms with Gasteiger partial charge in [0.2, 0.25) is 0 Å². The number of ether oxygens (including phenoxy) is 1. The van der Waals surface area contributed by atoms with Crippen molar-refractivity contribution in [2.75, 3.05) is 13.7 Å². The van der Waals surface area contributed by atoms with Gasteiger partial charge in [-0.3, -0.25) is 4.68 Å². The Morgan fingerprint density at radius 3 is 2.90 bits per heavy atom. The van der Waals surface area contributed by atoms with Crippen molar-refractivity contribution in [3.05, 3.63) is 35.7 Å². The summed E-state index contributed by atoms with van der Waals surface area (Å²) < 4.78 is 7.24. The fraction of sp³-hybridized carbons (Fsp3) is 0.500. The predicted octanol–water partition coefficient (Wildman–Crippen LogP) is 1.62. The van der Waals surface area contributed by atoms with Crippen LogP contribution in [0.1, 0.15) is 36.6 Å². The normalized spacial score (nSPS) is 12.4. The average molecular weight is 275 g/mol. The molecule has 6 heteroatoms. The third-order valence-corrected chi connectivity index (χ3v) is 3.13. The lowest BCUT2D eigenvalue weighted by Crippen LogP contribution is -2.26. The van der Waals surface area contributed by atoms with Gasteiger partial charge in [-0.1, -0.05) is 6.92 Å². The molecule has 6 nitrogen and oxygen atoms in total. The Morgan fingerprint density at radius 2 is 2.25 bits per heavy atom. The predicted molar refractivity (Wildman–Crippen MR) is 76.7 cm³/mol. The smallest absolute Gasteiger partial charge is 0.161 e. The topological polar surface area (TPSA) is 64.9 Å². The summed E-state index contributed by atoms with van der Waals surface area (Å²) in [6, 6.07) is 1.87. The Balaban J connectivity index is 2.44. The minimum Gasteiger partial charge on any atom is -0.493 e. The van der Waals surface area contributed by atoms with Gasteiger partial charge in [0.1, 0.15) is 11.5 Å². The van der Waals surface area contributed by atoms with E-state index in [4.69, 9.17) is 4.74 Å². The maximum atomic E-state index is 5.41. The molecule has 0 fully saturated rings. The van der Waals surface area contributed by atoms with Gasteiger partial charge in [0.05, 0.1) is 25.0 Å². The second-order valence-corrected chi connectivity index (χ2v) is 4.64. The van der Waals surface area contributed by atoms with Crippen LogP contribution in [-0.2, 0) is 7.05 Å². The first-order chi connectivity index (χ1) is 9.67. The van der Waals surface area contributed by atoms with Crippen LogP contribution in [0.3, 0.4) is 0 Å². The molecule has 1 N–H and O–H groups in total. The molecular formula is C14H21N5O. The summed E-state index contributed by atoms with van der Waals surface area (Å²) >= 11 is 0. The van der Waals surface area contributed by atoms with E-state index in [0.717, 1.165) is 35.9 Å². The van der Waals surface area contributed by atoms with Gasteiger partial charge in [0, 0.05) is 13.2 Å². The highest BCUT2D eigenvalue weighted by molar-refractivity contribution is 5.33. The van der Waals surface area contributed by atoms with E-state index in [-0.39, 0.29) is 6.04 Å². The Bertz CT molecular complexity index is 566. The van der Waals surface area contributed by atoms with E-state index in [2.05, 4.69) is 27.3 Å². The van der Waals surface area contributed by atoms with E-state index in [9.17, 15) is 0 Å². The van der Waals surface area contributed by atoms with Crippen LogP contribution in [0, 0.1) is 6.92 Å². The SMILES string of the molecule is CCCNC(c1ccnc(C)n1)c1c(OC)cnn1C. The summed E-state index contributed by atoms with van der Waals surface area (Å²) in [5.74, 6) is 1.52. The van der Waals surface area contributed by atoms with Crippen molar-refractivity contribution < 1.29 is 4.74 Å². The van der Waals surface area contributed by atoms with Crippen LogP contribution >= 0.6 is 0 Å². The quantitative estimate of drug-likeness (QED) is 0.867. The molecule has 0 aliphatic heterocycles. The largest absolute Gasteiger partial charge is 0.493 e. The van der Waals surface area contributed by atoms with Crippen molar-refractivity contribution in [2.45, 2.75) is 26.3 Å². The van der Waals surface area contributed by atoms with Gasteiger partial charge in [-0.25, -0.2) is 9.97 Å². The van der Waals surface area contributed by atoms with Gasteiger partial charge >= 0.3 is 0 Å². The molecule has 0 saturated carbocycles. The standard InChI is InChI=1S/C14H21N5O/c1-5-7-16-13(11-6-8-15-10(2)18-11)14-12(20-4)9-17-19(14)3/h6,8-9,13,16H,5,7H2,1-4H3. The number of methoxy groups -OCH3 is 1. The second kappa shape index (κ2) is 6.47. The molecule has 0 aliphatic carbocycles. The lowest BCUT2D eigenvalue weighted by Gasteiger charge is -2.19. The second-order valence-electron chi connectivity index (χ2n) is 4.64. The van der Waals surface area contributed by atoms with Gasteiger partial charge in [-0.2, -0.15) is 5.10 Å². The summed E-state index contributed by atoms with van der Waals surface area (Å²) in [7, 11) is 3.56. The molecule has 20 heavy (non-hydrogen) atoms. The van der Waals surface area contributed by atoms with Crippen molar-refractivity contribution in [3.8, 4) is 5.75 Å². The minimum absolute atomic E-state index is 0.0564. The highest BCUT2D eigenvalue weighted by Gasteiger charge is 2.23. The van der Waals surface area contributed by atoms with E-state index in [1.165, 1.54) is 0 Å². The summed E-state index contributed by atoms with van der Waals surface area (Å²) in [5, 5.41) is 7.77. The molecule has 0 radical (unpaired) electrons. The molecule has 0 saturated heterocycles. The number of nitrogens with one attached hydrogen (secondary N) is 1. The highest BCUT2D eigenvalue weighted by Crippen LogP contribution is 2.28. The minimum atomic E-state index is -0.0564. The fourth-order valence-corrected chi connectivity index (χ4v) is 2.18. The molecule has 2 aromatic rings. The number of hydrogen-bond donors (Lipinski definition) is 1. The number of aryl methyl sites for hydroxylation is 2. The van der Waals surface area contributed by atoms with E-state index in [1.54, 1.807) is 19.5 Å². The third-order valence-electron chi connectivity index (χ3n) is 3.13. The maximum absolute atomic E-state index is 5.41. The molecule has 0 aliphatic rings. The summed E-state index contributed by atoms with van der Waals surface area (Å²) in [6.45, 7) is 4.92. The van der Waals surface area contributed by atoms with Crippen molar-refractivity contribution >= 4 is 0 Å². The number of nitrogens with zero attached hydrogens (tertiary/aromatic N) is 4. The molecule has 2 aromatic heterocycles. The van der Waals surface area contributed by atoms with E-state index < -0.39 is 0 Å². The fourth-order valence-electron chi connectivity index (χ4n) is 2.18. The summed E-state index contributed by atoms with van der Waals surface area (Å²) in [4.78, 5) is 8.68. The van der Waals surface area contributed by atoms with E-state index in [0.29, 0.717) is 0 Å². The maximum Gasteiger partial charge on any atom is 0.161 e. The zero-order chi connectivity index (χ0) is 14.5. The van der Waals surface area contributed by atoms with Gasteiger partial charge in [-0.05, 0) is 26.0 Å². The zero-order valence-electron chi connectivity index (χ0n) is 12.4. The third kappa shape index (κ3) is 2.96. The van der Waals surface area contributed by atoms with Gasteiger partial charge in [0.25, 0.3) is 0 Å². The Labute approximate surface area is 119 Å². The van der Waals surface area contributed by atoms with Crippen LogP contribution in [0.2, 0.25) is 0 Å². The molecule has 0 amide bonds. The van der Waals surface area contributed by atoms with Gasteiger partial charge < -0.3 is 10.1 Å². The Kier molecular flexibility index (Phi) is 4.68. The van der Waals surface area contributed by atoms with Crippen LogP contribution in [0.15, 0.2) is 18.5 Å². The number of aromatic nitrogens is 4. The summed E-state index contributed by atoms with van der Waals surface area (Å²) in [5.41, 5.74) is 1.90. The average Bonchev–Trinajstić information content (AvgIpc) is 2.81. The highest BCUT2D eigenvalue weighted by atomic mass is 16.5. The van der Waals surface area contributed by atoms with Crippen molar-refractivity contribution in [1.82, 2.24) is 25.1 Å². The van der Waals surface area contributed by atoms with Crippen molar-refractivity contribution in [3.63, 3.8) is 0 Å². The molecule has 0 spiro atoms. The lowest BCUT2D eigenvalue weighted by atomic mass is 10.1. The first kappa shape index (κ1) is 14.5. The molecular weight excluding hydrogens is 254 g/mol. The van der Waals surface area contributed by atoms with Crippen LogP contribution in [0.5, 0.6) is 5.75 Å². The first-order valence-corrected chi connectivity index (χ1v) is 6.76. The number of rotatable bonds is 6.